The van der Waals surface area contributed by atoms with E-state index < -0.39 is 5.97 Å². The molecule has 1 unspecified atom stereocenters. The summed E-state index contributed by atoms with van der Waals surface area (Å²) in [5.74, 6) is -0.927. The lowest BCUT2D eigenvalue weighted by atomic mass is 10.1. The van der Waals surface area contributed by atoms with E-state index in [4.69, 9.17) is 5.11 Å². The van der Waals surface area contributed by atoms with E-state index in [1.165, 1.54) is 6.07 Å². The standard InChI is InChI=1S/C14H18N2O3/c1-9-7-11(3-4-12(9)14(18)19)15-13(17)10-5-6-16(2)8-10/h3-4,7,10H,5-6,8H2,1-2H3,(H,15,17)(H,18,19). The van der Waals surface area contributed by atoms with E-state index in [1.807, 2.05) is 7.05 Å². The summed E-state index contributed by atoms with van der Waals surface area (Å²) < 4.78 is 0. The van der Waals surface area contributed by atoms with E-state index in [9.17, 15) is 9.59 Å². The highest BCUT2D eigenvalue weighted by atomic mass is 16.4. The van der Waals surface area contributed by atoms with Crippen molar-refractivity contribution in [2.75, 3.05) is 25.5 Å². The van der Waals surface area contributed by atoms with Crippen LogP contribution in [0, 0.1) is 12.8 Å². The van der Waals surface area contributed by atoms with Crippen LogP contribution >= 0.6 is 0 Å². The third-order valence-corrected chi connectivity index (χ3v) is 3.49. The number of aryl methyl sites for hydroxylation is 1. The summed E-state index contributed by atoms with van der Waals surface area (Å²) in [6.45, 7) is 3.44. The molecule has 0 radical (unpaired) electrons. The Morgan fingerprint density at radius 2 is 2.16 bits per heavy atom. The second kappa shape index (κ2) is 5.40. The van der Waals surface area contributed by atoms with Gasteiger partial charge < -0.3 is 15.3 Å². The molecule has 1 aromatic carbocycles. The molecule has 1 aliphatic heterocycles. The van der Waals surface area contributed by atoms with Crippen molar-refractivity contribution in [3.8, 4) is 0 Å². The molecule has 0 bridgehead atoms. The van der Waals surface area contributed by atoms with Crippen LogP contribution in [0.25, 0.3) is 0 Å². The average molecular weight is 262 g/mol. The normalized spacial score (nSPS) is 19.4. The van der Waals surface area contributed by atoms with E-state index >= 15 is 0 Å². The van der Waals surface area contributed by atoms with Gasteiger partial charge in [0.15, 0.2) is 0 Å². The number of hydrogen-bond donors (Lipinski definition) is 2. The van der Waals surface area contributed by atoms with Crippen LogP contribution in [0.3, 0.4) is 0 Å². The van der Waals surface area contributed by atoms with E-state index in [0.717, 1.165) is 19.5 Å². The predicted octanol–water partition coefficient (Wildman–Crippen LogP) is 1.58. The van der Waals surface area contributed by atoms with Crippen LogP contribution in [0.1, 0.15) is 22.3 Å². The Labute approximate surface area is 112 Å². The minimum absolute atomic E-state index is 0.00632. The van der Waals surface area contributed by atoms with Crippen molar-refractivity contribution in [3.05, 3.63) is 29.3 Å². The zero-order valence-corrected chi connectivity index (χ0v) is 11.1. The van der Waals surface area contributed by atoms with Gasteiger partial charge in [-0.05, 0) is 50.7 Å². The lowest BCUT2D eigenvalue weighted by Crippen LogP contribution is -2.25. The number of carboxylic acid groups (broad SMARTS) is 1. The van der Waals surface area contributed by atoms with Gasteiger partial charge in [0.2, 0.25) is 5.91 Å². The number of rotatable bonds is 3. The fourth-order valence-electron chi connectivity index (χ4n) is 2.37. The number of carboxylic acids is 1. The zero-order valence-electron chi connectivity index (χ0n) is 11.1. The Balaban J connectivity index is 2.05. The molecule has 1 atom stereocenters. The fraction of sp³-hybridized carbons (Fsp3) is 0.429. The first-order valence-corrected chi connectivity index (χ1v) is 6.30. The average Bonchev–Trinajstić information content (AvgIpc) is 2.75. The van der Waals surface area contributed by atoms with Gasteiger partial charge in [-0.3, -0.25) is 4.79 Å². The summed E-state index contributed by atoms with van der Waals surface area (Å²) in [5, 5.41) is 11.8. The van der Waals surface area contributed by atoms with Crippen LogP contribution in [-0.2, 0) is 4.79 Å². The van der Waals surface area contributed by atoms with Crippen LogP contribution in [0.15, 0.2) is 18.2 Å². The number of anilines is 1. The molecule has 19 heavy (non-hydrogen) atoms. The molecule has 1 fully saturated rings. The van der Waals surface area contributed by atoms with Crippen LogP contribution in [0.5, 0.6) is 0 Å². The largest absolute Gasteiger partial charge is 0.478 e. The summed E-state index contributed by atoms with van der Waals surface area (Å²) in [4.78, 5) is 25.1. The Hall–Kier alpha value is -1.88. The number of carbonyl (C=O) groups excluding carboxylic acids is 1. The highest BCUT2D eigenvalue weighted by Gasteiger charge is 2.26. The second-order valence-corrected chi connectivity index (χ2v) is 5.07. The van der Waals surface area contributed by atoms with Crippen molar-refractivity contribution in [2.45, 2.75) is 13.3 Å². The Morgan fingerprint density at radius 1 is 1.42 bits per heavy atom. The Morgan fingerprint density at radius 3 is 2.68 bits per heavy atom. The number of aromatic carboxylic acids is 1. The number of carbonyl (C=O) groups is 2. The maximum Gasteiger partial charge on any atom is 0.335 e. The number of likely N-dealkylation sites (tertiary alicyclic amines) is 1. The molecular weight excluding hydrogens is 244 g/mol. The third-order valence-electron chi connectivity index (χ3n) is 3.49. The Bertz CT molecular complexity index is 513. The number of nitrogens with zero attached hydrogens (tertiary/aromatic N) is 1. The van der Waals surface area contributed by atoms with Crippen molar-refractivity contribution in [2.24, 2.45) is 5.92 Å². The summed E-state index contributed by atoms with van der Waals surface area (Å²) in [7, 11) is 2.00. The number of nitrogens with one attached hydrogen (secondary N) is 1. The zero-order chi connectivity index (χ0) is 14.0. The van der Waals surface area contributed by atoms with Gasteiger partial charge in [-0.25, -0.2) is 4.79 Å². The first kappa shape index (κ1) is 13.5. The molecule has 2 N–H and O–H groups in total. The molecule has 1 heterocycles. The van der Waals surface area contributed by atoms with Crippen molar-refractivity contribution in [1.29, 1.82) is 0 Å². The quantitative estimate of drug-likeness (QED) is 0.867. The van der Waals surface area contributed by atoms with Crippen molar-refractivity contribution < 1.29 is 14.7 Å². The topological polar surface area (TPSA) is 69.6 Å². The van der Waals surface area contributed by atoms with E-state index in [2.05, 4.69) is 10.2 Å². The maximum absolute atomic E-state index is 12.0. The summed E-state index contributed by atoms with van der Waals surface area (Å²) in [6, 6.07) is 4.85. The van der Waals surface area contributed by atoms with Crippen LogP contribution in [-0.4, -0.2) is 42.0 Å². The van der Waals surface area contributed by atoms with Crippen molar-refractivity contribution >= 4 is 17.6 Å². The van der Waals surface area contributed by atoms with E-state index in [-0.39, 0.29) is 17.4 Å². The van der Waals surface area contributed by atoms with Gasteiger partial charge in [0.1, 0.15) is 0 Å². The minimum atomic E-state index is -0.951. The van der Waals surface area contributed by atoms with Gasteiger partial charge in [0.05, 0.1) is 11.5 Å². The molecule has 1 aromatic rings. The molecule has 1 aliphatic rings. The molecule has 5 nitrogen and oxygen atoms in total. The molecule has 1 saturated heterocycles. The molecule has 0 aromatic heterocycles. The molecule has 0 saturated carbocycles. The van der Waals surface area contributed by atoms with E-state index in [1.54, 1.807) is 19.1 Å². The number of hydrogen-bond acceptors (Lipinski definition) is 3. The van der Waals surface area contributed by atoms with Gasteiger partial charge in [0, 0.05) is 12.2 Å². The molecule has 5 heteroatoms. The maximum atomic E-state index is 12.0. The second-order valence-electron chi connectivity index (χ2n) is 5.07. The first-order valence-electron chi connectivity index (χ1n) is 6.30. The highest BCUT2D eigenvalue weighted by molar-refractivity contribution is 5.94. The van der Waals surface area contributed by atoms with Crippen molar-refractivity contribution in [1.82, 2.24) is 4.90 Å². The van der Waals surface area contributed by atoms with Crippen LogP contribution in [0.4, 0.5) is 5.69 Å². The lowest BCUT2D eigenvalue weighted by molar-refractivity contribution is -0.119. The third kappa shape index (κ3) is 3.12. The van der Waals surface area contributed by atoms with Crippen LogP contribution < -0.4 is 5.32 Å². The SMILES string of the molecule is Cc1cc(NC(=O)C2CCN(C)C2)ccc1C(=O)O. The molecular formula is C14H18N2O3. The summed E-state index contributed by atoms with van der Waals surface area (Å²) >= 11 is 0. The van der Waals surface area contributed by atoms with Gasteiger partial charge in [-0.15, -0.1) is 0 Å². The summed E-state index contributed by atoms with van der Waals surface area (Å²) in [6.07, 6.45) is 0.870. The van der Waals surface area contributed by atoms with Gasteiger partial charge in [0.25, 0.3) is 0 Å². The molecule has 102 valence electrons. The monoisotopic (exact) mass is 262 g/mol. The lowest BCUT2D eigenvalue weighted by Gasteiger charge is -2.12. The number of amides is 1. The minimum Gasteiger partial charge on any atom is -0.478 e. The predicted molar refractivity (Wildman–Crippen MR) is 72.4 cm³/mol. The highest BCUT2D eigenvalue weighted by Crippen LogP contribution is 2.19. The molecule has 2 rings (SSSR count). The first-order chi connectivity index (χ1) is 8.97. The smallest absolute Gasteiger partial charge is 0.335 e. The van der Waals surface area contributed by atoms with E-state index in [0.29, 0.717) is 11.3 Å². The van der Waals surface area contributed by atoms with Crippen molar-refractivity contribution in [3.63, 3.8) is 0 Å². The van der Waals surface area contributed by atoms with Gasteiger partial charge >= 0.3 is 5.97 Å². The Kier molecular flexibility index (Phi) is 3.85. The molecule has 0 spiro atoms. The molecule has 1 amide bonds. The fourth-order valence-corrected chi connectivity index (χ4v) is 2.37. The summed E-state index contributed by atoms with van der Waals surface area (Å²) in [5.41, 5.74) is 1.56. The van der Waals surface area contributed by atoms with Crippen LogP contribution in [0.2, 0.25) is 0 Å². The number of benzene rings is 1. The van der Waals surface area contributed by atoms with Gasteiger partial charge in [-0.2, -0.15) is 0 Å². The molecule has 0 aliphatic carbocycles. The van der Waals surface area contributed by atoms with Gasteiger partial charge in [-0.1, -0.05) is 0 Å².